The van der Waals surface area contributed by atoms with Crippen LogP contribution in [0.1, 0.15) is 0 Å². The van der Waals surface area contributed by atoms with E-state index in [2.05, 4.69) is 13.4 Å². The van der Waals surface area contributed by atoms with Crippen LogP contribution in [0.2, 0.25) is 5.02 Å². The molecule has 0 N–H and O–H groups in total. The van der Waals surface area contributed by atoms with E-state index >= 15 is 0 Å². The average molecular weight is 239 g/mol. The SMILES string of the molecule is O=S(=O)(OCP)c1ccc(Cl)cc1. The van der Waals surface area contributed by atoms with Crippen molar-refractivity contribution in [3.63, 3.8) is 0 Å². The van der Waals surface area contributed by atoms with Crippen LogP contribution in [-0.4, -0.2) is 14.8 Å². The summed E-state index contributed by atoms with van der Waals surface area (Å²) in [6.07, 6.45) is 0.0466. The maximum Gasteiger partial charge on any atom is 0.297 e. The molecule has 1 atom stereocenters. The Morgan fingerprint density at radius 2 is 1.85 bits per heavy atom. The van der Waals surface area contributed by atoms with Crippen LogP contribution in [0.25, 0.3) is 0 Å². The van der Waals surface area contributed by atoms with E-state index in [1.807, 2.05) is 0 Å². The second-order valence-corrected chi connectivity index (χ2v) is 4.58. The third kappa shape index (κ3) is 2.92. The number of rotatable bonds is 3. The first-order valence-corrected chi connectivity index (χ1v) is 6.01. The lowest BCUT2D eigenvalue weighted by Gasteiger charge is -2.02. The Labute approximate surface area is 84.4 Å². The van der Waals surface area contributed by atoms with Crippen LogP contribution in [-0.2, 0) is 14.3 Å². The molecule has 6 heteroatoms. The van der Waals surface area contributed by atoms with Crippen molar-refractivity contribution >= 4 is 31.0 Å². The maximum absolute atomic E-state index is 11.3. The highest BCUT2D eigenvalue weighted by molar-refractivity contribution is 7.86. The summed E-state index contributed by atoms with van der Waals surface area (Å²) < 4.78 is 27.1. The van der Waals surface area contributed by atoms with Crippen molar-refractivity contribution in [2.24, 2.45) is 0 Å². The molecule has 0 saturated heterocycles. The second kappa shape index (κ2) is 4.38. The zero-order valence-corrected chi connectivity index (χ0v) is 9.33. The molecule has 0 aliphatic rings. The van der Waals surface area contributed by atoms with Gasteiger partial charge in [0.25, 0.3) is 10.1 Å². The fourth-order valence-corrected chi connectivity index (χ4v) is 2.21. The van der Waals surface area contributed by atoms with Gasteiger partial charge in [-0.25, -0.2) is 0 Å². The van der Waals surface area contributed by atoms with E-state index in [0.29, 0.717) is 5.02 Å². The van der Waals surface area contributed by atoms with E-state index in [1.165, 1.54) is 24.3 Å². The van der Waals surface area contributed by atoms with Gasteiger partial charge in [0, 0.05) is 5.02 Å². The predicted octanol–water partition coefficient (Wildman–Crippen LogP) is 1.88. The van der Waals surface area contributed by atoms with Gasteiger partial charge in [-0.05, 0) is 24.3 Å². The monoisotopic (exact) mass is 238 g/mol. The van der Waals surface area contributed by atoms with Gasteiger partial charge in [0.2, 0.25) is 0 Å². The molecule has 0 aromatic heterocycles. The van der Waals surface area contributed by atoms with Crippen molar-refractivity contribution in [2.45, 2.75) is 4.90 Å². The first kappa shape index (κ1) is 10.9. The highest BCUT2D eigenvalue weighted by atomic mass is 35.5. The Balaban J connectivity index is 3.02. The number of benzene rings is 1. The van der Waals surface area contributed by atoms with Gasteiger partial charge in [0.1, 0.15) is 0 Å². The molecule has 0 amide bonds. The molecule has 1 unspecified atom stereocenters. The molecule has 1 rings (SSSR count). The fraction of sp³-hybridized carbons (Fsp3) is 0.143. The van der Waals surface area contributed by atoms with Gasteiger partial charge in [0.15, 0.2) is 0 Å². The van der Waals surface area contributed by atoms with E-state index < -0.39 is 10.1 Å². The summed E-state index contributed by atoms with van der Waals surface area (Å²) in [5.41, 5.74) is 0. The minimum Gasteiger partial charge on any atom is -0.262 e. The molecule has 3 nitrogen and oxygen atoms in total. The molecule has 0 heterocycles. The first-order chi connectivity index (χ1) is 6.06. The van der Waals surface area contributed by atoms with Gasteiger partial charge in [0.05, 0.1) is 11.2 Å². The second-order valence-electron chi connectivity index (χ2n) is 2.19. The summed E-state index contributed by atoms with van der Waals surface area (Å²) in [5.74, 6) is 0. The molecular weight excluding hydrogens is 231 g/mol. The van der Waals surface area contributed by atoms with Crippen LogP contribution in [0, 0.1) is 0 Å². The van der Waals surface area contributed by atoms with E-state index in [4.69, 9.17) is 11.6 Å². The summed E-state index contributed by atoms with van der Waals surface area (Å²) >= 11 is 5.60. The fourth-order valence-electron chi connectivity index (χ4n) is 0.759. The van der Waals surface area contributed by atoms with E-state index in [9.17, 15) is 8.42 Å². The Hall–Kier alpha value is -0.150. The Kier molecular flexibility index (Phi) is 3.68. The van der Waals surface area contributed by atoms with Crippen molar-refractivity contribution in [3.8, 4) is 0 Å². The molecule has 0 fully saturated rings. The molecular formula is C7H8ClO3PS. The lowest BCUT2D eigenvalue weighted by atomic mass is 10.4. The van der Waals surface area contributed by atoms with Crippen molar-refractivity contribution in [1.82, 2.24) is 0 Å². The molecule has 0 bridgehead atoms. The van der Waals surface area contributed by atoms with Crippen LogP contribution in [0.3, 0.4) is 0 Å². The highest BCUT2D eigenvalue weighted by Gasteiger charge is 2.12. The lowest BCUT2D eigenvalue weighted by molar-refractivity contribution is 0.381. The van der Waals surface area contributed by atoms with Gasteiger partial charge >= 0.3 is 0 Å². The highest BCUT2D eigenvalue weighted by Crippen LogP contribution is 2.16. The number of hydrogen-bond acceptors (Lipinski definition) is 3. The van der Waals surface area contributed by atoms with Crippen LogP contribution >= 0.6 is 20.8 Å². The molecule has 0 radical (unpaired) electrons. The van der Waals surface area contributed by atoms with Gasteiger partial charge in [-0.3, -0.25) is 4.18 Å². The smallest absolute Gasteiger partial charge is 0.262 e. The minimum absolute atomic E-state index is 0.0466. The maximum atomic E-state index is 11.3. The van der Waals surface area contributed by atoms with E-state index in [0.717, 1.165) is 0 Å². The normalized spacial score (nSPS) is 11.5. The Bertz CT molecular complexity index is 373. The Morgan fingerprint density at radius 3 is 2.31 bits per heavy atom. The summed E-state index contributed by atoms with van der Waals surface area (Å²) in [7, 11) is -1.43. The third-order valence-electron chi connectivity index (χ3n) is 1.33. The summed E-state index contributed by atoms with van der Waals surface area (Å²) in [5, 5.41) is 0.491. The average Bonchev–Trinajstić information content (AvgIpc) is 2.05. The van der Waals surface area contributed by atoms with Crippen molar-refractivity contribution in [3.05, 3.63) is 29.3 Å². The van der Waals surface area contributed by atoms with E-state index in [-0.39, 0.29) is 11.2 Å². The summed E-state index contributed by atoms with van der Waals surface area (Å²) in [6.45, 7) is 0. The zero-order chi connectivity index (χ0) is 9.90. The molecule has 1 aromatic carbocycles. The Morgan fingerprint density at radius 1 is 1.31 bits per heavy atom. The van der Waals surface area contributed by atoms with Crippen molar-refractivity contribution in [2.75, 3.05) is 6.35 Å². The molecule has 0 spiro atoms. The molecule has 0 saturated carbocycles. The molecule has 0 aliphatic heterocycles. The molecule has 13 heavy (non-hydrogen) atoms. The topological polar surface area (TPSA) is 43.4 Å². The molecule has 0 aliphatic carbocycles. The molecule has 72 valence electrons. The van der Waals surface area contributed by atoms with Crippen LogP contribution in [0.5, 0.6) is 0 Å². The first-order valence-electron chi connectivity index (χ1n) is 3.41. The van der Waals surface area contributed by atoms with Gasteiger partial charge in [-0.1, -0.05) is 11.6 Å². The zero-order valence-electron chi connectivity index (χ0n) is 6.60. The number of halogens is 1. The molecule has 1 aromatic rings. The van der Waals surface area contributed by atoms with Crippen LogP contribution in [0.4, 0.5) is 0 Å². The van der Waals surface area contributed by atoms with Crippen LogP contribution < -0.4 is 0 Å². The van der Waals surface area contributed by atoms with Gasteiger partial charge in [-0.2, -0.15) is 8.42 Å². The summed E-state index contributed by atoms with van der Waals surface area (Å²) in [6, 6.07) is 5.80. The van der Waals surface area contributed by atoms with Crippen molar-refractivity contribution < 1.29 is 12.6 Å². The predicted molar refractivity (Wildman–Crippen MR) is 54.3 cm³/mol. The number of hydrogen-bond donors (Lipinski definition) is 0. The third-order valence-corrected chi connectivity index (χ3v) is 3.28. The lowest BCUT2D eigenvalue weighted by Crippen LogP contribution is -2.04. The summed E-state index contributed by atoms with van der Waals surface area (Å²) in [4.78, 5) is 0.111. The van der Waals surface area contributed by atoms with Crippen molar-refractivity contribution in [1.29, 1.82) is 0 Å². The largest absolute Gasteiger partial charge is 0.297 e. The standard InChI is InChI=1S/C7H8ClO3PS/c8-6-1-3-7(4-2-6)13(9,10)11-5-12/h1-4H,5,12H2. The van der Waals surface area contributed by atoms with E-state index in [1.54, 1.807) is 0 Å². The van der Waals surface area contributed by atoms with Crippen LogP contribution in [0.15, 0.2) is 29.2 Å². The minimum atomic E-state index is -3.61. The quantitative estimate of drug-likeness (QED) is 0.597. The van der Waals surface area contributed by atoms with Gasteiger partial charge < -0.3 is 0 Å². The van der Waals surface area contributed by atoms with Gasteiger partial charge in [-0.15, -0.1) is 9.24 Å².